The van der Waals surface area contributed by atoms with Gasteiger partial charge in [0, 0.05) is 5.56 Å². The molecule has 0 saturated heterocycles. The van der Waals surface area contributed by atoms with Crippen LogP contribution < -0.4 is 10.1 Å². The number of ether oxygens (including phenoxy) is 1. The van der Waals surface area contributed by atoms with Gasteiger partial charge in [0.15, 0.2) is 0 Å². The van der Waals surface area contributed by atoms with Gasteiger partial charge in [0.05, 0.1) is 23.2 Å². The van der Waals surface area contributed by atoms with Crippen molar-refractivity contribution in [3.05, 3.63) is 34.5 Å². The van der Waals surface area contributed by atoms with Crippen LogP contribution in [-0.2, 0) is 4.79 Å². The van der Waals surface area contributed by atoms with Gasteiger partial charge >= 0.3 is 0 Å². The lowest BCUT2D eigenvalue weighted by atomic mass is 9.76. The summed E-state index contributed by atoms with van der Waals surface area (Å²) in [6, 6.07) is 5.11. The summed E-state index contributed by atoms with van der Waals surface area (Å²) in [6.07, 6.45) is 3.52. The Bertz CT molecular complexity index is 645. The maximum atomic E-state index is 12.4. The fourth-order valence-electron chi connectivity index (χ4n) is 3.38. The lowest BCUT2D eigenvalue weighted by Crippen LogP contribution is -2.47. The minimum Gasteiger partial charge on any atom is -0.509 e. The summed E-state index contributed by atoms with van der Waals surface area (Å²) in [4.78, 5) is 12.4. The van der Waals surface area contributed by atoms with Crippen molar-refractivity contribution in [2.24, 2.45) is 5.92 Å². The summed E-state index contributed by atoms with van der Waals surface area (Å²) in [5.74, 6) is 1.13. The second-order valence-corrected chi connectivity index (χ2v) is 6.70. The Hall–Kier alpha value is -1.68. The number of aliphatic hydroxyl groups is 1. The largest absolute Gasteiger partial charge is 0.509 e. The van der Waals surface area contributed by atoms with Crippen LogP contribution in [0, 0.1) is 5.92 Å². The zero-order chi connectivity index (χ0) is 15.9. The first-order chi connectivity index (χ1) is 10.5. The molecule has 0 radical (unpaired) electrons. The molecule has 0 unspecified atom stereocenters. The van der Waals surface area contributed by atoms with E-state index in [1.807, 2.05) is 0 Å². The third kappa shape index (κ3) is 2.35. The van der Waals surface area contributed by atoms with Crippen LogP contribution in [0.1, 0.15) is 38.2 Å². The third-order valence-electron chi connectivity index (χ3n) is 4.84. The van der Waals surface area contributed by atoms with Gasteiger partial charge in [0.1, 0.15) is 11.5 Å². The summed E-state index contributed by atoms with van der Waals surface area (Å²) in [5.41, 5.74) is 0.234. The number of hydrogen-bond donors (Lipinski definition) is 2. The Labute approximate surface area is 135 Å². The molecule has 1 heterocycles. The van der Waals surface area contributed by atoms with Crippen molar-refractivity contribution >= 4 is 23.1 Å². The summed E-state index contributed by atoms with van der Waals surface area (Å²) < 4.78 is 5.12. The highest BCUT2D eigenvalue weighted by Gasteiger charge is 2.47. The highest BCUT2D eigenvalue weighted by Crippen LogP contribution is 2.44. The lowest BCUT2D eigenvalue weighted by molar-refractivity contribution is -0.116. The molecule has 1 spiro atoms. The van der Waals surface area contributed by atoms with E-state index in [4.69, 9.17) is 16.3 Å². The Morgan fingerprint density at radius 1 is 1.36 bits per heavy atom. The smallest absolute Gasteiger partial charge is 0.256 e. The van der Waals surface area contributed by atoms with Crippen molar-refractivity contribution in [1.82, 2.24) is 5.32 Å². The van der Waals surface area contributed by atoms with Crippen molar-refractivity contribution < 1.29 is 14.6 Å². The van der Waals surface area contributed by atoms with Crippen LogP contribution in [0.5, 0.6) is 5.75 Å². The van der Waals surface area contributed by atoms with Crippen LogP contribution >= 0.6 is 11.6 Å². The molecule has 1 aliphatic heterocycles. The standard InChI is InChI=1S/C17H20ClNO3/c1-10-5-7-17(8-6-10)15(20)14(16(21)19-17)12-4-3-11(22-2)9-13(12)18/h3-4,9-10,20H,5-8H2,1-2H3,(H,19,21). The Kier molecular flexibility index (Phi) is 3.81. The van der Waals surface area contributed by atoms with E-state index in [9.17, 15) is 9.90 Å². The number of rotatable bonds is 2. The second-order valence-electron chi connectivity index (χ2n) is 6.29. The van der Waals surface area contributed by atoms with Crippen LogP contribution in [0.4, 0.5) is 0 Å². The quantitative estimate of drug-likeness (QED) is 0.873. The first kappa shape index (κ1) is 15.2. The number of halogens is 1. The van der Waals surface area contributed by atoms with Gasteiger partial charge in [-0.05, 0) is 49.8 Å². The van der Waals surface area contributed by atoms with E-state index in [1.165, 1.54) is 0 Å². The number of amides is 1. The summed E-state index contributed by atoms with van der Waals surface area (Å²) in [7, 11) is 1.56. The zero-order valence-corrected chi connectivity index (χ0v) is 13.5. The molecule has 2 aliphatic rings. The van der Waals surface area contributed by atoms with Crippen LogP contribution in [0.15, 0.2) is 24.0 Å². The van der Waals surface area contributed by atoms with Crippen LogP contribution in [0.2, 0.25) is 5.02 Å². The van der Waals surface area contributed by atoms with E-state index < -0.39 is 5.54 Å². The molecule has 118 valence electrons. The molecular weight excluding hydrogens is 302 g/mol. The number of carbonyl (C=O) groups excluding carboxylic acids is 1. The van der Waals surface area contributed by atoms with E-state index in [0.717, 1.165) is 25.7 Å². The van der Waals surface area contributed by atoms with E-state index >= 15 is 0 Å². The molecule has 1 aromatic carbocycles. The number of carbonyl (C=O) groups is 1. The van der Waals surface area contributed by atoms with Crippen LogP contribution in [-0.4, -0.2) is 23.7 Å². The fraction of sp³-hybridized carbons (Fsp3) is 0.471. The molecule has 4 nitrogen and oxygen atoms in total. The van der Waals surface area contributed by atoms with E-state index in [-0.39, 0.29) is 11.7 Å². The fourth-order valence-corrected chi connectivity index (χ4v) is 3.64. The molecule has 1 aliphatic carbocycles. The maximum Gasteiger partial charge on any atom is 0.256 e. The van der Waals surface area contributed by atoms with Crippen molar-refractivity contribution in [3.8, 4) is 5.75 Å². The van der Waals surface area contributed by atoms with Crippen LogP contribution in [0.3, 0.4) is 0 Å². The Morgan fingerprint density at radius 2 is 2.05 bits per heavy atom. The molecule has 0 bridgehead atoms. The van der Waals surface area contributed by atoms with Gasteiger partial charge in [-0.3, -0.25) is 4.79 Å². The van der Waals surface area contributed by atoms with Crippen molar-refractivity contribution in [2.45, 2.75) is 38.1 Å². The zero-order valence-electron chi connectivity index (χ0n) is 12.8. The number of hydrogen-bond acceptors (Lipinski definition) is 3. The first-order valence-corrected chi connectivity index (χ1v) is 7.95. The highest BCUT2D eigenvalue weighted by atomic mass is 35.5. The molecule has 5 heteroatoms. The second kappa shape index (κ2) is 5.51. The minimum absolute atomic E-state index is 0.136. The number of nitrogens with one attached hydrogen (secondary N) is 1. The van der Waals surface area contributed by atoms with E-state index in [0.29, 0.717) is 27.8 Å². The predicted octanol–water partition coefficient (Wildman–Crippen LogP) is 3.70. The lowest BCUT2D eigenvalue weighted by Gasteiger charge is -2.36. The monoisotopic (exact) mass is 321 g/mol. The van der Waals surface area contributed by atoms with Crippen molar-refractivity contribution in [3.63, 3.8) is 0 Å². The van der Waals surface area contributed by atoms with Gasteiger partial charge in [-0.15, -0.1) is 0 Å². The SMILES string of the molecule is COc1ccc(C2=C(O)C3(CCC(C)CC3)NC2=O)c(Cl)c1. The van der Waals surface area contributed by atoms with Crippen molar-refractivity contribution in [2.75, 3.05) is 7.11 Å². The van der Waals surface area contributed by atoms with Crippen LogP contribution in [0.25, 0.3) is 5.57 Å². The molecule has 1 saturated carbocycles. The first-order valence-electron chi connectivity index (χ1n) is 7.57. The van der Waals surface area contributed by atoms with Gasteiger partial charge in [-0.25, -0.2) is 0 Å². The molecule has 22 heavy (non-hydrogen) atoms. The number of benzene rings is 1. The summed E-state index contributed by atoms with van der Waals surface area (Å²) in [6.45, 7) is 2.20. The van der Waals surface area contributed by atoms with Gasteiger partial charge in [0.25, 0.3) is 5.91 Å². The number of aliphatic hydroxyl groups excluding tert-OH is 1. The molecule has 1 fully saturated rings. The summed E-state index contributed by atoms with van der Waals surface area (Å²) >= 11 is 6.26. The molecule has 0 aromatic heterocycles. The maximum absolute atomic E-state index is 12.4. The summed E-state index contributed by atoms with van der Waals surface area (Å²) in [5, 5.41) is 14.1. The third-order valence-corrected chi connectivity index (χ3v) is 5.16. The molecule has 2 N–H and O–H groups in total. The normalized spacial score (nSPS) is 28.1. The Morgan fingerprint density at radius 3 is 2.64 bits per heavy atom. The van der Waals surface area contributed by atoms with Gasteiger partial charge in [-0.2, -0.15) is 0 Å². The van der Waals surface area contributed by atoms with Gasteiger partial charge < -0.3 is 15.2 Å². The highest BCUT2D eigenvalue weighted by molar-refractivity contribution is 6.35. The predicted molar refractivity (Wildman–Crippen MR) is 86.1 cm³/mol. The molecule has 1 aromatic rings. The van der Waals surface area contributed by atoms with Crippen molar-refractivity contribution in [1.29, 1.82) is 0 Å². The molecule has 0 atom stereocenters. The topological polar surface area (TPSA) is 58.6 Å². The number of methoxy groups -OCH3 is 1. The molecule has 1 amide bonds. The van der Waals surface area contributed by atoms with E-state index in [2.05, 4.69) is 12.2 Å². The minimum atomic E-state index is -0.609. The molecular formula is C17H20ClNO3. The Balaban J connectivity index is 2.02. The average Bonchev–Trinajstić information content (AvgIpc) is 2.74. The average molecular weight is 322 g/mol. The molecule has 3 rings (SSSR count). The van der Waals surface area contributed by atoms with E-state index in [1.54, 1.807) is 25.3 Å². The van der Waals surface area contributed by atoms with Gasteiger partial charge in [-0.1, -0.05) is 18.5 Å². The van der Waals surface area contributed by atoms with Gasteiger partial charge in [0.2, 0.25) is 0 Å².